The Labute approximate surface area is 94.7 Å². The van der Waals surface area contributed by atoms with Gasteiger partial charge in [0.1, 0.15) is 12.2 Å². The Morgan fingerprint density at radius 2 is 2.07 bits per heavy atom. The predicted octanol–water partition coefficient (Wildman–Crippen LogP) is 1.01. The first-order valence-electron chi connectivity index (χ1n) is 4.40. The molecule has 2 heterocycles. The minimum absolute atomic E-state index is 0.609. The Morgan fingerprint density at radius 3 is 2.73 bits per heavy atom. The molecule has 2 aromatic rings. The Bertz CT molecular complexity index is 398. The molecule has 0 aliphatic heterocycles. The van der Waals surface area contributed by atoms with Crippen LogP contribution in [-0.2, 0) is 6.42 Å². The number of hydrogen-bond donors (Lipinski definition) is 2. The van der Waals surface area contributed by atoms with Gasteiger partial charge in [0, 0.05) is 25.4 Å². The quantitative estimate of drug-likeness (QED) is 0.866. The van der Waals surface area contributed by atoms with E-state index in [9.17, 15) is 0 Å². The molecule has 0 aliphatic carbocycles. The second-order valence-corrected chi connectivity index (χ2v) is 3.75. The summed E-state index contributed by atoms with van der Waals surface area (Å²) in [6, 6.07) is 0. The van der Waals surface area contributed by atoms with E-state index in [0.29, 0.717) is 5.95 Å². The molecule has 0 atom stereocenters. The van der Waals surface area contributed by atoms with Gasteiger partial charge < -0.3 is 5.32 Å². The van der Waals surface area contributed by atoms with Gasteiger partial charge >= 0.3 is 0 Å². The molecule has 2 aromatic heterocycles. The van der Waals surface area contributed by atoms with Crippen molar-refractivity contribution in [3.05, 3.63) is 29.0 Å². The van der Waals surface area contributed by atoms with Crippen molar-refractivity contribution in [3.8, 4) is 0 Å². The normalized spacial score (nSPS) is 10.2. The average Bonchev–Trinajstić information content (AvgIpc) is 2.74. The molecule has 0 amide bonds. The van der Waals surface area contributed by atoms with Gasteiger partial charge in [-0.25, -0.2) is 15.0 Å². The largest absolute Gasteiger partial charge is 0.354 e. The summed E-state index contributed by atoms with van der Waals surface area (Å²) in [6.45, 7) is 0.719. The highest BCUT2D eigenvalue weighted by atomic mass is 79.9. The van der Waals surface area contributed by atoms with Crippen molar-refractivity contribution >= 4 is 21.9 Å². The zero-order valence-electron chi connectivity index (χ0n) is 7.81. The van der Waals surface area contributed by atoms with Gasteiger partial charge in [0.25, 0.3) is 0 Å². The van der Waals surface area contributed by atoms with Crippen LogP contribution in [0.15, 0.2) is 23.2 Å². The fourth-order valence-corrected chi connectivity index (χ4v) is 1.25. The molecular weight excluding hydrogens is 260 g/mol. The molecular formula is C8H9BrN6. The van der Waals surface area contributed by atoms with E-state index in [1.165, 1.54) is 6.33 Å². The lowest BCUT2D eigenvalue weighted by atomic mass is 10.4. The standard InChI is InChI=1S/C8H9BrN6/c9-6-3-11-8(12-4-6)10-2-1-7-13-5-14-15-7/h3-5H,1-2H2,(H,10,11,12)(H,13,14,15). The van der Waals surface area contributed by atoms with Crippen LogP contribution in [0, 0.1) is 0 Å². The third-order valence-corrected chi connectivity index (χ3v) is 2.14. The Balaban J connectivity index is 1.81. The van der Waals surface area contributed by atoms with Crippen LogP contribution < -0.4 is 5.32 Å². The average molecular weight is 269 g/mol. The maximum Gasteiger partial charge on any atom is 0.222 e. The van der Waals surface area contributed by atoms with Crippen LogP contribution in [0.5, 0.6) is 0 Å². The van der Waals surface area contributed by atoms with Crippen molar-refractivity contribution in [1.29, 1.82) is 0 Å². The lowest BCUT2D eigenvalue weighted by molar-refractivity contribution is 0.890. The zero-order valence-corrected chi connectivity index (χ0v) is 9.40. The van der Waals surface area contributed by atoms with E-state index in [1.54, 1.807) is 12.4 Å². The zero-order chi connectivity index (χ0) is 10.5. The molecule has 78 valence electrons. The lowest BCUT2D eigenvalue weighted by Crippen LogP contribution is -2.08. The van der Waals surface area contributed by atoms with Crippen LogP contribution >= 0.6 is 15.9 Å². The Kier molecular flexibility index (Phi) is 3.23. The number of aromatic amines is 1. The number of rotatable bonds is 4. The van der Waals surface area contributed by atoms with E-state index in [0.717, 1.165) is 23.3 Å². The van der Waals surface area contributed by atoms with E-state index >= 15 is 0 Å². The molecule has 2 rings (SSSR count). The molecule has 6 nitrogen and oxygen atoms in total. The summed E-state index contributed by atoms with van der Waals surface area (Å²) in [4.78, 5) is 12.2. The third-order valence-electron chi connectivity index (χ3n) is 1.73. The molecule has 0 saturated carbocycles. The van der Waals surface area contributed by atoms with Crippen molar-refractivity contribution in [2.24, 2.45) is 0 Å². The highest BCUT2D eigenvalue weighted by Gasteiger charge is 1.97. The van der Waals surface area contributed by atoms with Crippen LogP contribution in [0.1, 0.15) is 5.82 Å². The van der Waals surface area contributed by atoms with Crippen LogP contribution in [-0.4, -0.2) is 31.7 Å². The number of anilines is 1. The van der Waals surface area contributed by atoms with E-state index < -0.39 is 0 Å². The number of aromatic nitrogens is 5. The maximum atomic E-state index is 4.08. The maximum absolute atomic E-state index is 4.08. The van der Waals surface area contributed by atoms with Gasteiger partial charge in [-0.15, -0.1) is 0 Å². The molecule has 0 fully saturated rings. The molecule has 0 aromatic carbocycles. The molecule has 0 bridgehead atoms. The minimum Gasteiger partial charge on any atom is -0.354 e. The van der Waals surface area contributed by atoms with Crippen LogP contribution in [0.2, 0.25) is 0 Å². The van der Waals surface area contributed by atoms with Gasteiger partial charge in [-0.1, -0.05) is 0 Å². The fourth-order valence-electron chi connectivity index (χ4n) is 1.05. The number of nitrogens with zero attached hydrogens (tertiary/aromatic N) is 4. The Morgan fingerprint density at radius 1 is 1.27 bits per heavy atom. The summed E-state index contributed by atoms with van der Waals surface area (Å²) in [7, 11) is 0. The van der Waals surface area contributed by atoms with Crippen LogP contribution in [0.3, 0.4) is 0 Å². The van der Waals surface area contributed by atoms with Gasteiger partial charge in [0.15, 0.2) is 0 Å². The van der Waals surface area contributed by atoms with Crippen LogP contribution in [0.4, 0.5) is 5.95 Å². The molecule has 2 N–H and O–H groups in total. The highest BCUT2D eigenvalue weighted by Crippen LogP contribution is 2.06. The summed E-state index contributed by atoms with van der Waals surface area (Å²) < 4.78 is 0.864. The van der Waals surface area contributed by atoms with Crippen molar-refractivity contribution < 1.29 is 0 Å². The number of nitrogens with one attached hydrogen (secondary N) is 2. The first-order valence-corrected chi connectivity index (χ1v) is 5.19. The smallest absolute Gasteiger partial charge is 0.222 e. The van der Waals surface area contributed by atoms with Gasteiger partial charge in [0.05, 0.1) is 4.47 Å². The number of hydrogen-bond acceptors (Lipinski definition) is 5. The van der Waals surface area contributed by atoms with Gasteiger partial charge in [-0.2, -0.15) is 5.10 Å². The SMILES string of the molecule is Brc1cnc(NCCc2ncn[nH]2)nc1. The first kappa shape index (κ1) is 10.0. The summed E-state index contributed by atoms with van der Waals surface area (Å²) >= 11 is 3.27. The molecule has 15 heavy (non-hydrogen) atoms. The lowest BCUT2D eigenvalue weighted by Gasteiger charge is -2.01. The highest BCUT2D eigenvalue weighted by molar-refractivity contribution is 9.10. The summed E-state index contributed by atoms with van der Waals surface area (Å²) in [5.41, 5.74) is 0. The second kappa shape index (κ2) is 4.83. The Hall–Kier alpha value is -1.50. The van der Waals surface area contributed by atoms with E-state index in [2.05, 4.69) is 46.4 Å². The fraction of sp³-hybridized carbons (Fsp3) is 0.250. The molecule has 7 heteroatoms. The van der Waals surface area contributed by atoms with E-state index in [1.807, 2.05) is 0 Å². The van der Waals surface area contributed by atoms with Crippen molar-refractivity contribution in [2.75, 3.05) is 11.9 Å². The number of halogens is 1. The van der Waals surface area contributed by atoms with Crippen molar-refractivity contribution in [2.45, 2.75) is 6.42 Å². The summed E-state index contributed by atoms with van der Waals surface area (Å²) in [5.74, 6) is 1.46. The van der Waals surface area contributed by atoms with E-state index in [4.69, 9.17) is 0 Å². The predicted molar refractivity (Wildman–Crippen MR) is 58.3 cm³/mol. The third kappa shape index (κ3) is 2.98. The monoisotopic (exact) mass is 268 g/mol. The molecule has 0 radical (unpaired) electrons. The summed E-state index contributed by atoms with van der Waals surface area (Å²) in [6.07, 6.45) is 5.65. The molecule has 0 aliphatic rings. The van der Waals surface area contributed by atoms with E-state index in [-0.39, 0.29) is 0 Å². The van der Waals surface area contributed by atoms with Crippen LogP contribution in [0.25, 0.3) is 0 Å². The summed E-state index contributed by atoms with van der Waals surface area (Å²) in [5, 5.41) is 9.62. The number of H-pyrrole nitrogens is 1. The molecule has 0 saturated heterocycles. The van der Waals surface area contributed by atoms with Gasteiger partial charge in [-0.3, -0.25) is 5.10 Å². The first-order chi connectivity index (χ1) is 7.34. The molecule has 0 unspecified atom stereocenters. The topological polar surface area (TPSA) is 79.4 Å². The van der Waals surface area contributed by atoms with Crippen molar-refractivity contribution in [1.82, 2.24) is 25.1 Å². The second-order valence-electron chi connectivity index (χ2n) is 2.83. The van der Waals surface area contributed by atoms with Gasteiger partial charge in [0.2, 0.25) is 5.95 Å². The van der Waals surface area contributed by atoms with Crippen molar-refractivity contribution in [3.63, 3.8) is 0 Å². The molecule has 0 spiro atoms. The van der Waals surface area contributed by atoms with Gasteiger partial charge in [-0.05, 0) is 15.9 Å². The minimum atomic E-state index is 0.609.